The Morgan fingerprint density at radius 2 is 1.74 bits per heavy atom. The number of ether oxygens (including phenoxy) is 1. The average Bonchev–Trinajstić information content (AvgIpc) is 3.26. The van der Waals surface area contributed by atoms with Crippen LogP contribution in [0.2, 0.25) is 0 Å². The maximum atomic E-state index is 13.1. The van der Waals surface area contributed by atoms with E-state index in [9.17, 15) is 13.2 Å². The molecule has 0 unspecified atom stereocenters. The topological polar surface area (TPSA) is 110 Å². The normalized spacial score (nSPS) is 11.1. The van der Waals surface area contributed by atoms with Gasteiger partial charge >= 0.3 is 0 Å². The minimum Gasteiger partial charge on any atom is -0.495 e. The van der Waals surface area contributed by atoms with E-state index in [2.05, 4.69) is 20.2 Å². The summed E-state index contributed by atoms with van der Waals surface area (Å²) in [4.78, 5) is 12.8. The third-order valence-corrected chi connectivity index (χ3v) is 7.32. The summed E-state index contributed by atoms with van der Waals surface area (Å²) in [7, 11) is -2.51. The lowest BCUT2D eigenvalue weighted by Gasteiger charge is -2.14. The highest BCUT2D eigenvalue weighted by molar-refractivity contribution is 7.92. The summed E-state index contributed by atoms with van der Waals surface area (Å²) in [5, 5.41) is 12.0. The van der Waals surface area contributed by atoms with Gasteiger partial charge in [-0.2, -0.15) is 0 Å². The van der Waals surface area contributed by atoms with Crippen molar-refractivity contribution in [3.8, 4) is 5.75 Å². The van der Waals surface area contributed by atoms with Crippen LogP contribution in [0, 0.1) is 6.92 Å². The lowest BCUT2D eigenvalue weighted by molar-refractivity contribution is 0.102. The number of anilines is 2. The molecule has 0 bridgehead atoms. The number of nitrogens with one attached hydrogen (secondary N) is 2. The maximum absolute atomic E-state index is 13.1. The fraction of sp³-hybridized carbons (Fsp3) is 0.125. The molecule has 1 amide bonds. The van der Waals surface area contributed by atoms with E-state index in [1.165, 1.54) is 24.5 Å². The van der Waals surface area contributed by atoms with Crippen molar-refractivity contribution in [2.24, 2.45) is 0 Å². The summed E-state index contributed by atoms with van der Waals surface area (Å²) >= 11 is 1.27. The number of carbonyl (C=O) groups is 1. The summed E-state index contributed by atoms with van der Waals surface area (Å²) in [5.41, 5.74) is 2.08. The maximum Gasteiger partial charge on any atom is 0.262 e. The predicted molar refractivity (Wildman–Crippen MR) is 132 cm³/mol. The third kappa shape index (κ3) is 5.41. The molecule has 4 rings (SSSR count). The Hall–Kier alpha value is -3.76. The van der Waals surface area contributed by atoms with Gasteiger partial charge in [-0.15, -0.1) is 10.2 Å². The van der Waals surface area contributed by atoms with E-state index in [0.717, 1.165) is 10.6 Å². The van der Waals surface area contributed by atoms with Gasteiger partial charge in [-0.3, -0.25) is 14.8 Å². The zero-order chi connectivity index (χ0) is 24.1. The lowest BCUT2D eigenvalue weighted by Crippen LogP contribution is -2.17. The zero-order valence-corrected chi connectivity index (χ0v) is 20.1. The Morgan fingerprint density at radius 3 is 2.50 bits per heavy atom. The number of benzene rings is 3. The number of methoxy groups -OCH3 is 1. The van der Waals surface area contributed by atoms with E-state index in [4.69, 9.17) is 4.74 Å². The summed E-state index contributed by atoms with van der Waals surface area (Å²) in [6.45, 7) is 1.67. The molecule has 3 aromatic carbocycles. The molecule has 0 saturated heterocycles. The molecule has 0 atom stereocenters. The second kappa shape index (κ2) is 10.0. The Labute approximate surface area is 201 Å². The third-order valence-electron chi connectivity index (χ3n) is 4.98. The van der Waals surface area contributed by atoms with Crippen molar-refractivity contribution in [3.05, 3.63) is 94.5 Å². The van der Waals surface area contributed by atoms with Gasteiger partial charge in [0.15, 0.2) is 0 Å². The molecule has 0 radical (unpaired) electrons. The number of hydrogen-bond acceptors (Lipinski definition) is 7. The lowest BCUT2D eigenvalue weighted by atomic mass is 10.1. The van der Waals surface area contributed by atoms with Gasteiger partial charge < -0.3 is 4.74 Å². The van der Waals surface area contributed by atoms with E-state index >= 15 is 0 Å². The molecule has 0 spiro atoms. The largest absolute Gasteiger partial charge is 0.495 e. The van der Waals surface area contributed by atoms with Crippen LogP contribution in [0.5, 0.6) is 5.75 Å². The van der Waals surface area contributed by atoms with Crippen LogP contribution in [-0.2, 0) is 16.4 Å². The molecule has 0 aliphatic heterocycles. The standard InChI is InChI=1S/C24H22N4O4S2/c1-16-12-13-18(15-21(16)34(30,31)28-19-10-6-7-11-20(19)32-2)23(29)25-24-27-26-22(33-24)14-17-8-4-3-5-9-17/h3-13,15,28H,14H2,1-2H3,(H,25,27,29). The first-order valence-electron chi connectivity index (χ1n) is 10.3. The van der Waals surface area contributed by atoms with Gasteiger partial charge in [-0.05, 0) is 42.3 Å². The molecule has 0 fully saturated rings. The van der Waals surface area contributed by atoms with E-state index in [-0.39, 0.29) is 10.5 Å². The van der Waals surface area contributed by atoms with Crippen molar-refractivity contribution in [3.63, 3.8) is 0 Å². The van der Waals surface area contributed by atoms with E-state index < -0.39 is 15.9 Å². The molecule has 2 N–H and O–H groups in total. The highest BCUT2D eigenvalue weighted by Gasteiger charge is 2.21. The number of aryl methyl sites for hydroxylation is 1. The van der Waals surface area contributed by atoms with Gasteiger partial charge in [0.1, 0.15) is 10.8 Å². The van der Waals surface area contributed by atoms with Crippen LogP contribution in [0.3, 0.4) is 0 Å². The van der Waals surface area contributed by atoms with E-state index in [1.54, 1.807) is 43.3 Å². The summed E-state index contributed by atoms with van der Waals surface area (Å²) in [6, 6.07) is 21.0. The van der Waals surface area contributed by atoms with Crippen molar-refractivity contribution in [2.45, 2.75) is 18.2 Å². The van der Waals surface area contributed by atoms with E-state index in [1.807, 2.05) is 30.3 Å². The zero-order valence-electron chi connectivity index (χ0n) is 18.5. The van der Waals surface area contributed by atoms with Crippen LogP contribution in [-0.4, -0.2) is 31.6 Å². The monoisotopic (exact) mass is 494 g/mol. The number of nitrogens with zero attached hydrogens (tertiary/aromatic N) is 2. The second-order valence-electron chi connectivity index (χ2n) is 7.40. The second-order valence-corrected chi connectivity index (χ2v) is 10.1. The van der Waals surface area contributed by atoms with Crippen LogP contribution < -0.4 is 14.8 Å². The van der Waals surface area contributed by atoms with Crippen molar-refractivity contribution in [1.82, 2.24) is 10.2 Å². The highest BCUT2D eigenvalue weighted by atomic mass is 32.2. The SMILES string of the molecule is COc1ccccc1NS(=O)(=O)c1cc(C(=O)Nc2nnc(Cc3ccccc3)s2)ccc1C. The Kier molecular flexibility index (Phi) is 6.90. The van der Waals surface area contributed by atoms with Crippen molar-refractivity contribution in [1.29, 1.82) is 0 Å². The number of rotatable bonds is 8. The Morgan fingerprint density at radius 1 is 1.00 bits per heavy atom. The molecule has 0 saturated carbocycles. The van der Waals surface area contributed by atoms with Gasteiger partial charge in [0.05, 0.1) is 17.7 Å². The van der Waals surface area contributed by atoms with Crippen LogP contribution in [0.15, 0.2) is 77.7 Å². The van der Waals surface area contributed by atoms with Gasteiger partial charge in [-0.1, -0.05) is 59.9 Å². The first-order chi connectivity index (χ1) is 16.4. The number of para-hydroxylation sites is 2. The summed E-state index contributed by atoms with van der Waals surface area (Å²) in [6.07, 6.45) is 0.607. The minimum atomic E-state index is -3.97. The Bertz CT molecular complexity index is 1420. The average molecular weight is 495 g/mol. The first-order valence-corrected chi connectivity index (χ1v) is 12.6. The van der Waals surface area contributed by atoms with Gasteiger partial charge in [-0.25, -0.2) is 8.42 Å². The quantitative estimate of drug-likeness (QED) is 0.373. The molecule has 1 heterocycles. The van der Waals surface area contributed by atoms with E-state index in [0.29, 0.717) is 28.6 Å². The van der Waals surface area contributed by atoms with Gasteiger partial charge in [0.2, 0.25) is 5.13 Å². The molecule has 1 aromatic heterocycles. The number of amides is 1. The number of sulfonamides is 1. The molecule has 174 valence electrons. The summed E-state index contributed by atoms with van der Waals surface area (Å²) in [5.74, 6) is -0.0867. The van der Waals surface area contributed by atoms with Crippen LogP contribution in [0.4, 0.5) is 10.8 Å². The van der Waals surface area contributed by atoms with Crippen molar-refractivity contribution >= 4 is 38.1 Å². The Balaban J connectivity index is 1.52. The van der Waals surface area contributed by atoms with Crippen LogP contribution in [0.1, 0.15) is 26.5 Å². The molecular formula is C24H22N4O4S2. The summed E-state index contributed by atoms with van der Waals surface area (Å²) < 4.78 is 33.9. The van der Waals surface area contributed by atoms with Crippen molar-refractivity contribution in [2.75, 3.05) is 17.1 Å². The predicted octanol–water partition coefficient (Wildman–Crippen LogP) is 4.50. The highest BCUT2D eigenvalue weighted by Crippen LogP contribution is 2.28. The van der Waals surface area contributed by atoms with Crippen molar-refractivity contribution < 1.29 is 17.9 Å². The number of aromatic nitrogens is 2. The van der Waals surface area contributed by atoms with Crippen LogP contribution in [0.25, 0.3) is 0 Å². The minimum absolute atomic E-state index is 0.00640. The molecular weight excluding hydrogens is 472 g/mol. The van der Waals surface area contributed by atoms with Crippen LogP contribution >= 0.6 is 11.3 Å². The first kappa shape index (κ1) is 23.4. The van der Waals surface area contributed by atoms with Gasteiger partial charge in [0, 0.05) is 12.0 Å². The number of hydrogen-bond donors (Lipinski definition) is 2. The molecule has 0 aliphatic rings. The van der Waals surface area contributed by atoms with Gasteiger partial charge in [0.25, 0.3) is 15.9 Å². The smallest absolute Gasteiger partial charge is 0.262 e. The molecule has 0 aliphatic carbocycles. The fourth-order valence-electron chi connectivity index (χ4n) is 3.27. The molecule has 34 heavy (non-hydrogen) atoms. The molecule has 10 heteroatoms. The molecule has 4 aromatic rings. The molecule has 8 nitrogen and oxygen atoms in total. The number of carbonyl (C=O) groups excluding carboxylic acids is 1. The fourth-order valence-corrected chi connectivity index (χ4v) is 5.39.